The summed E-state index contributed by atoms with van der Waals surface area (Å²) in [5, 5.41) is 11.2. The molecule has 0 saturated carbocycles. The van der Waals surface area contributed by atoms with Crippen LogP contribution in [0.1, 0.15) is 17.2 Å². The van der Waals surface area contributed by atoms with Crippen molar-refractivity contribution in [3.05, 3.63) is 120 Å². The topological polar surface area (TPSA) is 89.3 Å². The normalized spacial score (nSPS) is 11.6. The van der Waals surface area contributed by atoms with E-state index < -0.39 is 11.9 Å². The molecular formula is C30H26FN5O3. The first-order chi connectivity index (χ1) is 19.0. The van der Waals surface area contributed by atoms with Crippen molar-refractivity contribution < 1.29 is 18.7 Å². The van der Waals surface area contributed by atoms with E-state index in [1.54, 1.807) is 48.5 Å². The molecule has 39 heavy (non-hydrogen) atoms. The van der Waals surface area contributed by atoms with Crippen molar-refractivity contribution in [1.82, 2.24) is 20.3 Å². The highest BCUT2D eigenvalue weighted by Crippen LogP contribution is 2.31. The van der Waals surface area contributed by atoms with Crippen molar-refractivity contribution in [2.24, 2.45) is 0 Å². The summed E-state index contributed by atoms with van der Waals surface area (Å²) in [4.78, 5) is 29.3. The molecule has 1 atom stereocenters. The van der Waals surface area contributed by atoms with Crippen LogP contribution in [0.4, 0.5) is 10.1 Å². The molecule has 196 valence electrons. The predicted octanol–water partition coefficient (Wildman–Crippen LogP) is 4.67. The van der Waals surface area contributed by atoms with Crippen LogP contribution in [-0.2, 0) is 22.7 Å². The summed E-state index contributed by atoms with van der Waals surface area (Å²) < 4.78 is 20.3. The van der Waals surface area contributed by atoms with E-state index in [1.165, 1.54) is 28.8 Å². The highest BCUT2D eigenvalue weighted by molar-refractivity contribution is 6.01. The van der Waals surface area contributed by atoms with Gasteiger partial charge in [-0.3, -0.25) is 14.5 Å². The Balaban J connectivity index is 1.54. The number of methoxy groups -OCH3 is 1. The quantitative estimate of drug-likeness (QED) is 0.303. The molecule has 0 aliphatic heterocycles. The van der Waals surface area contributed by atoms with Crippen molar-refractivity contribution in [3.8, 4) is 5.75 Å². The second-order valence-corrected chi connectivity index (χ2v) is 8.86. The van der Waals surface area contributed by atoms with Gasteiger partial charge in [0.1, 0.15) is 29.7 Å². The van der Waals surface area contributed by atoms with Gasteiger partial charge in [-0.05, 0) is 47.5 Å². The molecule has 8 nitrogen and oxygen atoms in total. The molecule has 5 aromatic rings. The molecule has 1 N–H and O–H groups in total. The monoisotopic (exact) mass is 523 g/mol. The van der Waals surface area contributed by atoms with Gasteiger partial charge >= 0.3 is 0 Å². The molecule has 0 spiro atoms. The smallest absolute Gasteiger partial charge is 0.249 e. The Kier molecular flexibility index (Phi) is 7.58. The summed E-state index contributed by atoms with van der Waals surface area (Å²) >= 11 is 0. The van der Waals surface area contributed by atoms with E-state index in [1.807, 2.05) is 42.5 Å². The molecule has 0 aliphatic rings. The number of hydrogen-bond acceptors (Lipinski definition) is 5. The van der Waals surface area contributed by atoms with E-state index in [4.69, 9.17) is 4.74 Å². The number of para-hydroxylation sites is 1. The Labute approximate surface area is 224 Å². The van der Waals surface area contributed by atoms with Crippen LogP contribution in [0.15, 0.2) is 103 Å². The van der Waals surface area contributed by atoms with Gasteiger partial charge in [-0.15, -0.1) is 5.10 Å². The molecule has 9 heteroatoms. The Morgan fingerprint density at radius 3 is 2.46 bits per heavy atom. The highest BCUT2D eigenvalue weighted by atomic mass is 19.1. The molecule has 0 fully saturated rings. The van der Waals surface area contributed by atoms with Gasteiger partial charge in [-0.25, -0.2) is 9.07 Å². The number of rotatable bonds is 9. The molecule has 1 aromatic heterocycles. The van der Waals surface area contributed by atoms with E-state index in [9.17, 15) is 14.0 Å². The number of amides is 2. The molecule has 1 heterocycles. The van der Waals surface area contributed by atoms with Crippen LogP contribution < -0.4 is 15.0 Å². The number of benzene rings is 4. The third-order valence-electron chi connectivity index (χ3n) is 6.31. The minimum absolute atomic E-state index is 0.147. The van der Waals surface area contributed by atoms with Crippen LogP contribution in [0.3, 0.4) is 0 Å². The summed E-state index contributed by atoms with van der Waals surface area (Å²) in [5.74, 6) is -0.590. The lowest BCUT2D eigenvalue weighted by Gasteiger charge is -2.31. The standard InChI is InChI=1S/C30H26FN5O3/c1-39-25-11-7-10-24(18-25)36(28(37)20-35-27-13-6-5-12-26(27)33-34-35)29(22-8-3-2-4-9-22)30(38)32-19-21-14-16-23(31)17-15-21/h2-18,29H,19-20H2,1H3,(H,32,38). The first kappa shape index (κ1) is 25.6. The number of anilines is 1. The zero-order chi connectivity index (χ0) is 27.2. The number of fused-ring (bicyclic) bond motifs is 1. The minimum Gasteiger partial charge on any atom is -0.497 e. The zero-order valence-corrected chi connectivity index (χ0v) is 21.2. The Bertz CT molecular complexity index is 1590. The number of nitrogens with zero attached hydrogens (tertiary/aromatic N) is 4. The molecule has 4 aromatic carbocycles. The van der Waals surface area contributed by atoms with E-state index in [2.05, 4.69) is 15.6 Å². The summed E-state index contributed by atoms with van der Waals surface area (Å²) in [6.07, 6.45) is 0. The SMILES string of the molecule is COc1cccc(N(C(=O)Cn2nnc3ccccc32)C(C(=O)NCc2ccc(F)cc2)c2ccccc2)c1. The summed E-state index contributed by atoms with van der Waals surface area (Å²) in [6.45, 7) is 0.0165. The van der Waals surface area contributed by atoms with Crippen LogP contribution >= 0.6 is 0 Å². The van der Waals surface area contributed by atoms with Crippen molar-refractivity contribution >= 4 is 28.5 Å². The maximum atomic E-state index is 14.1. The largest absolute Gasteiger partial charge is 0.497 e. The fraction of sp³-hybridized carbons (Fsp3) is 0.133. The van der Waals surface area contributed by atoms with E-state index in [0.29, 0.717) is 28.0 Å². The first-order valence-electron chi connectivity index (χ1n) is 12.3. The van der Waals surface area contributed by atoms with Crippen molar-refractivity contribution in [3.63, 3.8) is 0 Å². The average molecular weight is 524 g/mol. The summed E-state index contributed by atoms with van der Waals surface area (Å²) in [5.41, 5.74) is 3.19. The van der Waals surface area contributed by atoms with Gasteiger partial charge < -0.3 is 10.1 Å². The van der Waals surface area contributed by atoms with E-state index in [0.717, 1.165) is 5.56 Å². The number of carbonyl (C=O) groups is 2. The summed E-state index contributed by atoms with van der Waals surface area (Å²) in [7, 11) is 1.54. The van der Waals surface area contributed by atoms with Gasteiger partial charge in [0.15, 0.2) is 0 Å². The molecule has 0 aliphatic carbocycles. The third-order valence-corrected chi connectivity index (χ3v) is 6.31. The van der Waals surface area contributed by atoms with Gasteiger partial charge in [0, 0.05) is 18.3 Å². The molecule has 1 unspecified atom stereocenters. The number of nitrogens with one attached hydrogen (secondary N) is 1. The van der Waals surface area contributed by atoms with Gasteiger partial charge in [-0.2, -0.15) is 0 Å². The molecular weight excluding hydrogens is 497 g/mol. The zero-order valence-electron chi connectivity index (χ0n) is 21.2. The third kappa shape index (κ3) is 5.77. The highest BCUT2D eigenvalue weighted by Gasteiger charge is 2.33. The minimum atomic E-state index is -1.01. The molecule has 0 saturated heterocycles. The van der Waals surface area contributed by atoms with Crippen LogP contribution in [0, 0.1) is 5.82 Å². The number of carbonyl (C=O) groups excluding carboxylic acids is 2. The van der Waals surface area contributed by atoms with Crippen LogP contribution in [0.2, 0.25) is 0 Å². The number of halogens is 1. The molecule has 0 bridgehead atoms. The van der Waals surface area contributed by atoms with Crippen molar-refractivity contribution in [2.45, 2.75) is 19.1 Å². The second kappa shape index (κ2) is 11.6. The van der Waals surface area contributed by atoms with Crippen LogP contribution in [0.25, 0.3) is 11.0 Å². The molecule has 5 rings (SSSR count). The Morgan fingerprint density at radius 2 is 1.69 bits per heavy atom. The lowest BCUT2D eigenvalue weighted by Crippen LogP contribution is -2.45. The molecule has 0 radical (unpaired) electrons. The average Bonchev–Trinajstić information content (AvgIpc) is 3.38. The Morgan fingerprint density at radius 1 is 0.949 bits per heavy atom. The lowest BCUT2D eigenvalue weighted by molar-refractivity contribution is -0.127. The number of hydrogen-bond donors (Lipinski definition) is 1. The van der Waals surface area contributed by atoms with E-state index >= 15 is 0 Å². The maximum absolute atomic E-state index is 14.1. The van der Waals surface area contributed by atoms with Gasteiger partial charge in [0.2, 0.25) is 11.8 Å². The number of aromatic nitrogens is 3. The van der Waals surface area contributed by atoms with Gasteiger partial charge in [0.05, 0.1) is 12.6 Å². The fourth-order valence-electron chi connectivity index (χ4n) is 4.38. The second-order valence-electron chi connectivity index (χ2n) is 8.86. The van der Waals surface area contributed by atoms with Gasteiger partial charge in [0.25, 0.3) is 0 Å². The summed E-state index contributed by atoms with van der Waals surface area (Å²) in [6, 6.07) is 28.3. The lowest BCUT2D eigenvalue weighted by atomic mass is 10.0. The first-order valence-corrected chi connectivity index (χ1v) is 12.3. The van der Waals surface area contributed by atoms with Gasteiger partial charge in [-0.1, -0.05) is 65.9 Å². The Hall–Kier alpha value is -5.05. The maximum Gasteiger partial charge on any atom is 0.249 e. The predicted molar refractivity (Wildman–Crippen MR) is 145 cm³/mol. The molecule has 2 amide bonds. The van der Waals surface area contributed by atoms with Crippen molar-refractivity contribution in [1.29, 1.82) is 0 Å². The van der Waals surface area contributed by atoms with Crippen LogP contribution in [-0.4, -0.2) is 33.9 Å². The fourth-order valence-corrected chi connectivity index (χ4v) is 4.38. The van der Waals surface area contributed by atoms with Crippen LogP contribution in [0.5, 0.6) is 5.75 Å². The van der Waals surface area contributed by atoms with E-state index in [-0.39, 0.29) is 24.8 Å². The number of ether oxygens (including phenoxy) is 1. The van der Waals surface area contributed by atoms with Crippen molar-refractivity contribution in [2.75, 3.05) is 12.0 Å².